The van der Waals surface area contributed by atoms with Gasteiger partial charge in [0, 0.05) is 43.3 Å². The average molecular weight is 457 g/mol. The van der Waals surface area contributed by atoms with Crippen molar-refractivity contribution >= 4 is 11.6 Å². The molecular weight excluding hydrogens is 439 g/mol. The molecule has 0 radical (unpaired) electrons. The lowest BCUT2D eigenvalue weighted by Crippen LogP contribution is -2.44. The van der Waals surface area contributed by atoms with Crippen molar-refractivity contribution in [3.05, 3.63) is 97.0 Å². The van der Waals surface area contributed by atoms with E-state index in [-0.39, 0.29) is 47.1 Å². The number of carbonyl (C=O) groups excluding carboxylic acids is 1. The van der Waals surface area contributed by atoms with Gasteiger partial charge in [0.05, 0.1) is 17.7 Å². The maximum Gasteiger partial charge on any atom is 0.332 e. The second kappa shape index (κ2) is 7.36. The summed E-state index contributed by atoms with van der Waals surface area (Å²) in [7, 11) is 2.68. The second-order valence-corrected chi connectivity index (χ2v) is 8.23. The van der Waals surface area contributed by atoms with E-state index >= 15 is 0 Å². The third kappa shape index (κ3) is 3.00. The fourth-order valence-corrected chi connectivity index (χ4v) is 4.75. The lowest BCUT2D eigenvalue weighted by molar-refractivity contribution is -0.116. The zero-order valence-corrected chi connectivity index (χ0v) is 17.6. The molecule has 2 aliphatic rings. The Morgan fingerprint density at radius 1 is 1.00 bits per heavy atom. The number of nitrogens with one attached hydrogen (secondary N) is 1. The number of carbonyl (C=O) groups is 1. The molecule has 2 aromatic heterocycles. The molecule has 2 atom stereocenters. The normalized spacial score (nSPS) is 19.8. The standard InChI is InChI=1S/C23H18F3N3O4/c1-28-21-18(22(31)29(2)23(28)32)16(11-5-6-12(24)20(26)19(11)25)17-13(27-21)8-10(9-14(17)30)15-4-3-7-33-15/h3-7,10,16,27H,8-9H2,1-2H3. The predicted octanol–water partition coefficient (Wildman–Crippen LogP) is 3.05. The third-order valence-corrected chi connectivity index (χ3v) is 6.38. The van der Waals surface area contributed by atoms with Crippen molar-refractivity contribution in [3.8, 4) is 0 Å². The number of anilines is 1. The lowest BCUT2D eigenvalue weighted by Gasteiger charge is -2.36. The van der Waals surface area contributed by atoms with Crippen molar-refractivity contribution in [2.24, 2.45) is 14.1 Å². The minimum Gasteiger partial charge on any atom is -0.469 e. The predicted molar refractivity (Wildman–Crippen MR) is 111 cm³/mol. The van der Waals surface area contributed by atoms with Crippen LogP contribution in [0.4, 0.5) is 19.0 Å². The molecule has 170 valence electrons. The minimum absolute atomic E-state index is 0.0250. The molecule has 1 aromatic carbocycles. The van der Waals surface area contributed by atoms with Gasteiger partial charge >= 0.3 is 5.69 Å². The quantitative estimate of drug-likeness (QED) is 0.598. The van der Waals surface area contributed by atoms with E-state index in [2.05, 4.69) is 5.32 Å². The van der Waals surface area contributed by atoms with Gasteiger partial charge in [0.1, 0.15) is 11.6 Å². The number of allylic oxidation sites excluding steroid dienone is 2. The first-order valence-corrected chi connectivity index (χ1v) is 10.2. The fourth-order valence-electron chi connectivity index (χ4n) is 4.75. The van der Waals surface area contributed by atoms with Crippen LogP contribution >= 0.6 is 0 Å². The molecule has 0 saturated heterocycles. The Bertz CT molecular complexity index is 1470. The summed E-state index contributed by atoms with van der Waals surface area (Å²) in [6, 6.07) is 5.20. The summed E-state index contributed by atoms with van der Waals surface area (Å²) in [5.41, 5.74) is -1.38. The van der Waals surface area contributed by atoms with Crippen LogP contribution in [0.3, 0.4) is 0 Å². The number of hydrogen-bond donors (Lipinski definition) is 1. The summed E-state index contributed by atoms with van der Waals surface area (Å²) in [5.74, 6) is -5.95. The Morgan fingerprint density at radius 2 is 1.76 bits per heavy atom. The van der Waals surface area contributed by atoms with Crippen LogP contribution in [-0.2, 0) is 18.9 Å². The zero-order valence-electron chi connectivity index (χ0n) is 17.6. The van der Waals surface area contributed by atoms with Crippen LogP contribution in [0.2, 0.25) is 0 Å². The number of halogens is 3. The van der Waals surface area contributed by atoms with E-state index in [0.29, 0.717) is 11.5 Å². The van der Waals surface area contributed by atoms with Crippen LogP contribution in [0.25, 0.3) is 0 Å². The van der Waals surface area contributed by atoms with E-state index in [1.54, 1.807) is 12.1 Å². The highest BCUT2D eigenvalue weighted by atomic mass is 19.2. The molecule has 2 unspecified atom stereocenters. The number of aromatic nitrogens is 2. The van der Waals surface area contributed by atoms with E-state index in [0.717, 1.165) is 16.7 Å². The molecule has 0 saturated carbocycles. The molecule has 0 bridgehead atoms. The van der Waals surface area contributed by atoms with Gasteiger partial charge in [-0.2, -0.15) is 0 Å². The first-order valence-electron chi connectivity index (χ1n) is 10.2. The number of benzene rings is 1. The Morgan fingerprint density at radius 3 is 2.45 bits per heavy atom. The molecule has 0 fully saturated rings. The first-order chi connectivity index (χ1) is 15.7. The number of fused-ring (bicyclic) bond motifs is 1. The van der Waals surface area contributed by atoms with Crippen molar-refractivity contribution in [2.45, 2.75) is 24.7 Å². The molecule has 1 N–H and O–H groups in total. The van der Waals surface area contributed by atoms with Crippen LogP contribution in [-0.4, -0.2) is 14.9 Å². The molecule has 0 amide bonds. The molecule has 1 aliphatic carbocycles. The highest BCUT2D eigenvalue weighted by molar-refractivity contribution is 6.01. The number of hydrogen-bond acceptors (Lipinski definition) is 5. The van der Waals surface area contributed by atoms with Gasteiger partial charge in [-0.05, 0) is 24.6 Å². The van der Waals surface area contributed by atoms with E-state index in [1.807, 2.05) is 0 Å². The summed E-state index contributed by atoms with van der Waals surface area (Å²) in [5, 5.41) is 3.02. The molecule has 7 nitrogen and oxygen atoms in total. The largest absolute Gasteiger partial charge is 0.469 e. The summed E-state index contributed by atoms with van der Waals surface area (Å²) in [6.45, 7) is 0. The lowest BCUT2D eigenvalue weighted by atomic mass is 9.73. The highest BCUT2D eigenvalue weighted by Crippen LogP contribution is 2.47. The van der Waals surface area contributed by atoms with Gasteiger partial charge in [0.2, 0.25) is 0 Å². The number of ketones is 1. The van der Waals surface area contributed by atoms with Crippen molar-refractivity contribution in [3.63, 3.8) is 0 Å². The van der Waals surface area contributed by atoms with Crippen LogP contribution in [0.1, 0.15) is 41.6 Å². The van der Waals surface area contributed by atoms with Gasteiger partial charge in [-0.15, -0.1) is 0 Å². The molecule has 33 heavy (non-hydrogen) atoms. The topological polar surface area (TPSA) is 86.2 Å². The highest BCUT2D eigenvalue weighted by Gasteiger charge is 2.43. The van der Waals surface area contributed by atoms with E-state index in [4.69, 9.17) is 4.42 Å². The average Bonchev–Trinajstić information content (AvgIpc) is 3.34. The number of furan rings is 1. The van der Waals surface area contributed by atoms with Crippen molar-refractivity contribution in [1.82, 2.24) is 9.13 Å². The van der Waals surface area contributed by atoms with Gasteiger partial charge in [-0.1, -0.05) is 6.07 Å². The molecule has 1 aliphatic heterocycles. The van der Waals surface area contributed by atoms with E-state index < -0.39 is 34.6 Å². The Labute approximate surface area is 184 Å². The fraction of sp³-hybridized carbons (Fsp3) is 0.261. The summed E-state index contributed by atoms with van der Waals surface area (Å²) < 4.78 is 50.3. The van der Waals surface area contributed by atoms with Crippen molar-refractivity contribution < 1.29 is 22.4 Å². The Kier molecular flexibility index (Phi) is 4.70. The van der Waals surface area contributed by atoms with E-state index in [1.165, 1.54) is 24.9 Å². The molecule has 10 heteroatoms. The monoisotopic (exact) mass is 457 g/mol. The van der Waals surface area contributed by atoms with Crippen LogP contribution in [0, 0.1) is 17.5 Å². The zero-order chi connectivity index (χ0) is 23.6. The second-order valence-electron chi connectivity index (χ2n) is 8.23. The smallest absolute Gasteiger partial charge is 0.332 e. The first kappa shape index (κ1) is 21.0. The molecule has 5 rings (SSSR count). The van der Waals surface area contributed by atoms with Gasteiger partial charge in [-0.3, -0.25) is 18.7 Å². The van der Waals surface area contributed by atoms with Crippen molar-refractivity contribution in [1.29, 1.82) is 0 Å². The maximum atomic E-state index is 15.0. The SMILES string of the molecule is Cn1c2c(c(=O)n(C)c1=O)C(c1ccc(F)c(F)c1F)C1=C(CC(c3ccco3)CC1=O)N2. The van der Waals surface area contributed by atoms with Gasteiger partial charge in [0.25, 0.3) is 5.56 Å². The Hall–Kier alpha value is -3.82. The number of Topliss-reactive ketones (excluding diaryl/α,β-unsaturated/α-hetero) is 1. The number of nitrogens with zero attached hydrogens (tertiary/aromatic N) is 2. The van der Waals surface area contributed by atoms with Crippen LogP contribution in [0.15, 0.2) is 55.8 Å². The van der Waals surface area contributed by atoms with Crippen LogP contribution in [0.5, 0.6) is 0 Å². The maximum absolute atomic E-state index is 15.0. The Balaban J connectivity index is 1.80. The van der Waals surface area contributed by atoms with E-state index in [9.17, 15) is 27.6 Å². The third-order valence-electron chi connectivity index (χ3n) is 6.38. The number of rotatable bonds is 2. The minimum atomic E-state index is -1.70. The summed E-state index contributed by atoms with van der Waals surface area (Å²) >= 11 is 0. The molecule has 0 spiro atoms. The van der Waals surface area contributed by atoms with Crippen LogP contribution < -0.4 is 16.6 Å². The summed E-state index contributed by atoms with van der Waals surface area (Å²) in [6.07, 6.45) is 1.79. The van der Waals surface area contributed by atoms with Crippen molar-refractivity contribution in [2.75, 3.05) is 5.32 Å². The van der Waals surface area contributed by atoms with Gasteiger partial charge < -0.3 is 9.73 Å². The van der Waals surface area contributed by atoms with Gasteiger partial charge in [0.15, 0.2) is 23.2 Å². The molecule has 3 aromatic rings. The molecular formula is C23H18F3N3O4. The van der Waals surface area contributed by atoms with Gasteiger partial charge in [-0.25, -0.2) is 18.0 Å². The summed E-state index contributed by atoms with van der Waals surface area (Å²) in [4.78, 5) is 39.0. The molecule has 3 heterocycles.